The third-order valence-corrected chi connectivity index (χ3v) is 10.3. The van der Waals surface area contributed by atoms with Crippen molar-refractivity contribution >= 4 is 15.8 Å². The Morgan fingerprint density at radius 3 is 2.36 bits per heavy atom. The van der Waals surface area contributed by atoms with Gasteiger partial charge in [-0.1, -0.05) is 24.3 Å². The number of fused-ring (bicyclic) bond motifs is 2. The molecule has 3 aliphatic rings. The highest BCUT2D eigenvalue weighted by molar-refractivity contribution is 7.91. The second kappa shape index (κ2) is 11.3. The zero-order valence-corrected chi connectivity index (χ0v) is 24.4. The normalized spacial score (nSPS) is 21.6. The van der Waals surface area contributed by atoms with E-state index in [-0.39, 0.29) is 55.5 Å². The van der Waals surface area contributed by atoms with Crippen LogP contribution in [0.15, 0.2) is 54.6 Å². The summed E-state index contributed by atoms with van der Waals surface area (Å²) in [5.74, 6) is -0.0295. The van der Waals surface area contributed by atoms with Gasteiger partial charge in [0.25, 0.3) is 0 Å². The predicted molar refractivity (Wildman–Crippen MR) is 154 cm³/mol. The van der Waals surface area contributed by atoms with E-state index in [1.807, 2.05) is 0 Å². The largest absolute Gasteiger partial charge is 0.492 e. The maximum absolute atomic E-state index is 14.2. The fourth-order valence-corrected chi connectivity index (χ4v) is 7.81. The monoisotopic (exact) mass is 632 g/mol. The van der Waals surface area contributed by atoms with E-state index in [0.29, 0.717) is 46.8 Å². The number of benzene rings is 3. The van der Waals surface area contributed by atoms with Gasteiger partial charge in [-0.05, 0) is 72.2 Å². The number of halogens is 3. The SMILES string of the molecule is O=C(O)C[C@@H]1COc2cc(O[C@@H]3CCc4c3ccc(C(F)(F)F)c4-c3ccc(OCC4(O)CCS(=O)(=O)CC4)cc3)ccc21. The van der Waals surface area contributed by atoms with Crippen LogP contribution in [0.1, 0.15) is 60.0 Å². The molecule has 2 atom stereocenters. The summed E-state index contributed by atoms with van der Waals surface area (Å²) in [6.07, 6.45) is -4.16. The van der Waals surface area contributed by atoms with Crippen molar-refractivity contribution in [1.82, 2.24) is 0 Å². The number of ether oxygens (including phenoxy) is 3. The molecule has 2 N–H and O–H groups in total. The summed E-state index contributed by atoms with van der Waals surface area (Å²) in [6.45, 7) is 0.138. The quantitative estimate of drug-likeness (QED) is 0.324. The van der Waals surface area contributed by atoms with Gasteiger partial charge in [0.15, 0.2) is 9.84 Å². The smallest absolute Gasteiger partial charge is 0.417 e. The lowest BCUT2D eigenvalue weighted by Crippen LogP contribution is -2.43. The number of alkyl halides is 3. The van der Waals surface area contributed by atoms with Crippen molar-refractivity contribution in [1.29, 1.82) is 0 Å². The van der Waals surface area contributed by atoms with E-state index in [0.717, 1.165) is 11.6 Å². The van der Waals surface area contributed by atoms with Crippen LogP contribution in [-0.4, -0.2) is 54.9 Å². The molecule has 0 amide bonds. The van der Waals surface area contributed by atoms with Crippen LogP contribution in [0.3, 0.4) is 0 Å². The minimum absolute atomic E-state index is 0.0464. The summed E-state index contributed by atoms with van der Waals surface area (Å²) < 4.78 is 83.6. The minimum Gasteiger partial charge on any atom is -0.492 e. The Morgan fingerprint density at radius 1 is 1.00 bits per heavy atom. The molecule has 0 unspecified atom stereocenters. The predicted octanol–water partition coefficient (Wildman–Crippen LogP) is 5.71. The Morgan fingerprint density at radius 2 is 1.68 bits per heavy atom. The second-order valence-corrected chi connectivity index (χ2v) is 14.0. The molecule has 234 valence electrons. The molecule has 12 heteroatoms. The molecule has 1 aliphatic carbocycles. The highest BCUT2D eigenvalue weighted by atomic mass is 32.2. The summed E-state index contributed by atoms with van der Waals surface area (Å²) in [6, 6.07) is 13.9. The van der Waals surface area contributed by atoms with Gasteiger partial charge in [0.05, 0.1) is 30.1 Å². The van der Waals surface area contributed by atoms with E-state index in [9.17, 15) is 31.5 Å². The lowest BCUT2D eigenvalue weighted by atomic mass is 9.91. The first-order valence-corrected chi connectivity index (χ1v) is 16.2. The molecule has 6 rings (SSSR count). The highest BCUT2D eigenvalue weighted by Crippen LogP contribution is 2.47. The zero-order valence-electron chi connectivity index (χ0n) is 23.6. The van der Waals surface area contributed by atoms with Crippen molar-refractivity contribution < 1.29 is 50.8 Å². The summed E-state index contributed by atoms with van der Waals surface area (Å²) in [7, 11) is -3.16. The van der Waals surface area contributed by atoms with Crippen molar-refractivity contribution in [3.8, 4) is 28.4 Å². The fraction of sp³-hybridized carbons (Fsp3) is 0.406. The Kier molecular flexibility index (Phi) is 7.77. The van der Waals surface area contributed by atoms with Crippen LogP contribution in [0.5, 0.6) is 17.2 Å². The average molecular weight is 633 g/mol. The Bertz CT molecular complexity index is 1670. The third-order valence-electron chi connectivity index (χ3n) is 8.63. The molecule has 2 heterocycles. The van der Waals surface area contributed by atoms with Gasteiger partial charge in [0.1, 0.15) is 35.6 Å². The maximum atomic E-state index is 14.2. The van der Waals surface area contributed by atoms with Crippen LogP contribution in [0.2, 0.25) is 0 Å². The van der Waals surface area contributed by atoms with Gasteiger partial charge < -0.3 is 24.4 Å². The minimum atomic E-state index is -4.59. The van der Waals surface area contributed by atoms with E-state index < -0.39 is 39.3 Å². The molecule has 1 fully saturated rings. The molecule has 0 radical (unpaired) electrons. The molecule has 2 aliphatic heterocycles. The number of carboxylic acids is 1. The van der Waals surface area contributed by atoms with Gasteiger partial charge in [-0.25, -0.2) is 8.42 Å². The third kappa shape index (κ3) is 6.23. The van der Waals surface area contributed by atoms with E-state index in [1.165, 1.54) is 6.07 Å². The molecule has 0 spiro atoms. The van der Waals surface area contributed by atoms with Crippen LogP contribution >= 0.6 is 0 Å². The Balaban J connectivity index is 1.22. The van der Waals surface area contributed by atoms with Gasteiger partial charge >= 0.3 is 12.1 Å². The number of sulfone groups is 1. The van der Waals surface area contributed by atoms with Gasteiger partial charge in [0, 0.05) is 17.5 Å². The van der Waals surface area contributed by atoms with Gasteiger partial charge in [-0.2, -0.15) is 13.2 Å². The summed E-state index contributed by atoms with van der Waals surface area (Å²) in [4.78, 5) is 11.1. The molecule has 0 aromatic heterocycles. The number of aliphatic hydroxyl groups is 1. The molecule has 1 saturated heterocycles. The van der Waals surface area contributed by atoms with E-state index in [4.69, 9.17) is 19.3 Å². The number of hydrogen-bond acceptors (Lipinski definition) is 7. The van der Waals surface area contributed by atoms with Crippen molar-refractivity contribution in [3.05, 3.63) is 76.9 Å². The van der Waals surface area contributed by atoms with Crippen LogP contribution in [0.25, 0.3) is 11.1 Å². The first kappa shape index (κ1) is 30.3. The lowest BCUT2D eigenvalue weighted by molar-refractivity contribution is -0.138. The number of carboxylic acid groups (broad SMARTS) is 1. The van der Waals surface area contributed by atoms with Crippen LogP contribution in [0, 0.1) is 0 Å². The molecular formula is C32H31F3O8S. The molecule has 0 saturated carbocycles. The average Bonchev–Trinajstić information content (AvgIpc) is 3.56. The van der Waals surface area contributed by atoms with E-state index in [2.05, 4.69) is 0 Å². The van der Waals surface area contributed by atoms with Gasteiger partial charge in [-0.3, -0.25) is 4.79 Å². The highest BCUT2D eigenvalue weighted by Gasteiger charge is 2.39. The maximum Gasteiger partial charge on any atom is 0.417 e. The number of carbonyl (C=O) groups is 1. The van der Waals surface area contributed by atoms with Crippen molar-refractivity contribution in [3.63, 3.8) is 0 Å². The van der Waals surface area contributed by atoms with Crippen LogP contribution < -0.4 is 14.2 Å². The van der Waals surface area contributed by atoms with Gasteiger partial charge in [-0.15, -0.1) is 0 Å². The topological polar surface area (TPSA) is 119 Å². The summed E-state index contributed by atoms with van der Waals surface area (Å²) in [5, 5.41) is 19.8. The number of rotatable bonds is 8. The Labute approximate surface area is 252 Å². The van der Waals surface area contributed by atoms with Crippen LogP contribution in [0.4, 0.5) is 13.2 Å². The first-order chi connectivity index (χ1) is 20.8. The molecule has 0 bridgehead atoms. The van der Waals surface area contributed by atoms with E-state index in [1.54, 1.807) is 42.5 Å². The number of aliphatic carboxylic acids is 1. The molecule has 44 heavy (non-hydrogen) atoms. The fourth-order valence-electron chi connectivity index (χ4n) is 6.23. The zero-order chi connectivity index (χ0) is 31.3. The van der Waals surface area contributed by atoms with Crippen molar-refractivity contribution in [2.24, 2.45) is 0 Å². The first-order valence-electron chi connectivity index (χ1n) is 14.3. The summed E-state index contributed by atoms with van der Waals surface area (Å²) >= 11 is 0. The molecule has 3 aromatic carbocycles. The molecular weight excluding hydrogens is 601 g/mol. The lowest BCUT2D eigenvalue weighted by Gasteiger charge is -2.31. The van der Waals surface area contributed by atoms with Crippen molar-refractivity contribution in [2.75, 3.05) is 24.7 Å². The molecule has 3 aromatic rings. The standard InChI is InChI=1S/C32H31F3O8S/c33-32(34,35)26-9-7-24-25(8-10-27(24)43-22-5-6-23-20(15-29(36)37)17-41-28(23)16-22)30(26)19-1-3-21(4-2-19)42-18-31(38)11-13-44(39,40)14-12-31/h1-7,9,16,20,27,38H,8,10-15,17-18H2,(H,36,37)/t20-,27-/m1/s1. The van der Waals surface area contributed by atoms with Crippen molar-refractivity contribution in [2.45, 2.75) is 55.9 Å². The van der Waals surface area contributed by atoms with Crippen LogP contribution in [-0.2, 0) is 27.2 Å². The molecule has 8 nitrogen and oxygen atoms in total. The second-order valence-electron chi connectivity index (χ2n) is 11.7. The summed E-state index contributed by atoms with van der Waals surface area (Å²) in [5.41, 5.74) is 0.407. The number of hydrogen-bond donors (Lipinski definition) is 2. The van der Waals surface area contributed by atoms with E-state index >= 15 is 0 Å². The van der Waals surface area contributed by atoms with Gasteiger partial charge in [0.2, 0.25) is 0 Å². The Hall–Kier alpha value is -3.77.